The molecule has 0 aromatic heterocycles. The van der Waals surface area contributed by atoms with E-state index in [1.165, 1.54) is 55.7 Å². The Kier molecular flexibility index (Phi) is 12.9. The molecule has 4 rings (SSSR count). The summed E-state index contributed by atoms with van der Waals surface area (Å²) in [5.41, 5.74) is 14.2. The molecule has 0 spiro atoms. The van der Waals surface area contributed by atoms with Crippen LogP contribution in [0.4, 0.5) is 0 Å². The van der Waals surface area contributed by atoms with Gasteiger partial charge in [-0.15, -0.1) is 0 Å². The van der Waals surface area contributed by atoms with Crippen molar-refractivity contribution in [3.05, 3.63) is 105 Å². The first-order chi connectivity index (χ1) is 13.3. The molecule has 0 radical (unpaired) electrons. The predicted molar refractivity (Wildman–Crippen MR) is 124 cm³/mol. The number of hydrogen-bond donors (Lipinski definition) is 0. The minimum atomic E-state index is 0. The first kappa shape index (κ1) is 29.9. The Morgan fingerprint density at radius 1 is 0.484 bits per heavy atom. The normalized spacial score (nSPS) is 14.5. The summed E-state index contributed by atoms with van der Waals surface area (Å²) in [5, 5.41) is 0. The first-order valence-corrected chi connectivity index (χ1v) is 10.2. The molecule has 0 fully saturated rings. The van der Waals surface area contributed by atoms with Crippen molar-refractivity contribution in [2.75, 3.05) is 0 Å². The maximum Gasteiger partial charge on any atom is 0 e. The Morgan fingerprint density at radius 2 is 0.774 bits per heavy atom. The third-order valence-corrected chi connectivity index (χ3v) is 5.88. The van der Waals surface area contributed by atoms with Crippen LogP contribution in [0, 0.1) is 13.8 Å². The van der Waals surface area contributed by atoms with Gasteiger partial charge in [0.2, 0.25) is 0 Å². The number of benzene rings is 2. The topological polar surface area (TPSA) is 0 Å². The van der Waals surface area contributed by atoms with Crippen LogP contribution in [0.25, 0.3) is 11.1 Å². The van der Waals surface area contributed by atoms with Crippen LogP contribution in [-0.2, 0) is 25.8 Å². The van der Waals surface area contributed by atoms with Crippen LogP contribution < -0.4 is 24.8 Å². The predicted octanol–water partition coefficient (Wildman–Crippen LogP) is 2.24. The zero-order chi connectivity index (χ0) is 20.3. The molecule has 0 atom stereocenters. The van der Waals surface area contributed by atoms with Gasteiger partial charge in [0, 0.05) is 25.8 Å². The van der Waals surface area contributed by atoms with Crippen molar-refractivity contribution in [1.29, 1.82) is 0 Å². The van der Waals surface area contributed by atoms with Crippen molar-refractivity contribution in [1.82, 2.24) is 0 Å². The zero-order valence-corrected chi connectivity index (χ0v) is 24.5. The Morgan fingerprint density at radius 3 is 1.00 bits per heavy atom. The largest absolute Gasteiger partial charge is 1.00 e. The van der Waals surface area contributed by atoms with Gasteiger partial charge < -0.3 is 24.8 Å². The van der Waals surface area contributed by atoms with Gasteiger partial charge in [-0.25, -0.2) is 0 Å². The summed E-state index contributed by atoms with van der Waals surface area (Å²) in [4.78, 5) is 0. The van der Waals surface area contributed by atoms with E-state index in [0.29, 0.717) is 0 Å². The maximum absolute atomic E-state index is 2.31. The summed E-state index contributed by atoms with van der Waals surface area (Å²) in [6, 6.07) is 17.6. The summed E-state index contributed by atoms with van der Waals surface area (Å²) in [5.74, 6) is 0. The van der Waals surface area contributed by atoms with Crippen LogP contribution in [0.3, 0.4) is 0 Å². The van der Waals surface area contributed by atoms with E-state index in [1.807, 2.05) is 0 Å². The van der Waals surface area contributed by atoms with E-state index in [2.05, 4.69) is 102 Å². The molecule has 0 amide bonds. The molecule has 0 heterocycles. The van der Waals surface area contributed by atoms with Crippen molar-refractivity contribution in [2.24, 2.45) is 0 Å². The maximum atomic E-state index is 2.31. The van der Waals surface area contributed by atoms with Crippen molar-refractivity contribution >= 4 is 11.1 Å². The SMILES string of the molecule is CC1=C(C)CC(c2ccc(C)cc2)=C1.CC1=C(C)CC(c2ccc(C)cc2)=C1.[Cl-].[Cl-].[Hf]. The zero-order valence-electron chi connectivity index (χ0n) is 19.4. The standard InChI is InChI=1S/2C14H16.2ClH.Hf/c2*1-10-4-6-13(7-5-10)14-8-11(2)12(3)9-14;;;/h2*4-8H,9H2,1-3H3;2*1H;/p-2. The van der Waals surface area contributed by atoms with E-state index in [1.54, 1.807) is 0 Å². The summed E-state index contributed by atoms with van der Waals surface area (Å²) < 4.78 is 0. The number of allylic oxidation sites excluding steroid dienone is 8. The molecule has 2 aromatic rings. The van der Waals surface area contributed by atoms with Crippen molar-refractivity contribution in [3.63, 3.8) is 0 Å². The third-order valence-electron chi connectivity index (χ3n) is 5.88. The molecule has 0 bridgehead atoms. The fourth-order valence-electron chi connectivity index (χ4n) is 3.63. The van der Waals surface area contributed by atoms with Crippen LogP contribution in [0.5, 0.6) is 0 Å². The van der Waals surface area contributed by atoms with Crippen molar-refractivity contribution in [2.45, 2.75) is 54.4 Å². The van der Waals surface area contributed by atoms with Crippen LogP contribution in [0.2, 0.25) is 0 Å². The molecular weight excluding hydrogens is 586 g/mol. The van der Waals surface area contributed by atoms with Gasteiger partial charge in [0.05, 0.1) is 0 Å². The van der Waals surface area contributed by atoms with E-state index < -0.39 is 0 Å². The second kappa shape index (κ2) is 13.4. The van der Waals surface area contributed by atoms with Crippen LogP contribution in [0.1, 0.15) is 62.8 Å². The summed E-state index contributed by atoms with van der Waals surface area (Å²) in [6.45, 7) is 13.1. The van der Waals surface area contributed by atoms with Gasteiger partial charge in [-0.3, -0.25) is 0 Å². The fraction of sp³-hybridized carbons (Fsp3) is 0.286. The molecule has 3 heteroatoms. The molecule has 2 aliphatic rings. The molecular formula is C28H32Cl2Hf-2. The smallest absolute Gasteiger partial charge is 0 e. The van der Waals surface area contributed by atoms with Crippen LogP contribution >= 0.6 is 0 Å². The monoisotopic (exact) mass is 618 g/mol. The Labute approximate surface area is 220 Å². The van der Waals surface area contributed by atoms with E-state index in [-0.39, 0.29) is 50.7 Å². The van der Waals surface area contributed by atoms with Crippen LogP contribution in [-0.4, -0.2) is 0 Å². The summed E-state index contributed by atoms with van der Waals surface area (Å²) >= 11 is 0. The number of halogens is 2. The van der Waals surface area contributed by atoms with Crippen LogP contribution in [0.15, 0.2) is 83.0 Å². The van der Waals surface area contributed by atoms with Crippen molar-refractivity contribution < 1.29 is 50.7 Å². The second-order valence-electron chi connectivity index (χ2n) is 8.35. The van der Waals surface area contributed by atoms with Gasteiger partial charge in [0.15, 0.2) is 0 Å². The molecule has 164 valence electrons. The minimum absolute atomic E-state index is 0. The molecule has 0 saturated heterocycles. The van der Waals surface area contributed by atoms with E-state index >= 15 is 0 Å². The molecule has 2 aliphatic carbocycles. The van der Waals surface area contributed by atoms with Gasteiger partial charge in [0.1, 0.15) is 0 Å². The molecule has 0 unspecified atom stereocenters. The van der Waals surface area contributed by atoms with E-state index in [4.69, 9.17) is 0 Å². The van der Waals surface area contributed by atoms with Gasteiger partial charge in [0.25, 0.3) is 0 Å². The first-order valence-electron chi connectivity index (χ1n) is 10.2. The molecule has 0 nitrogen and oxygen atoms in total. The molecule has 31 heavy (non-hydrogen) atoms. The molecule has 2 aromatic carbocycles. The number of rotatable bonds is 2. The molecule has 0 saturated carbocycles. The van der Waals surface area contributed by atoms with Crippen molar-refractivity contribution in [3.8, 4) is 0 Å². The average Bonchev–Trinajstić information content (AvgIpc) is 3.18. The Hall–Kier alpha value is -1.15. The van der Waals surface area contributed by atoms with E-state index in [0.717, 1.165) is 12.8 Å². The summed E-state index contributed by atoms with van der Waals surface area (Å²) in [7, 11) is 0. The molecule has 0 aliphatic heterocycles. The Balaban J connectivity index is 0.000000529. The minimum Gasteiger partial charge on any atom is -1.00 e. The summed E-state index contributed by atoms with van der Waals surface area (Å²) in [6.07, 6.45) is 6.85. The fourth-order valence-corrected chi connectivity index (χ4v) is 3.63. The van der Waals surface area contributed by atoms with Gasteiger partial charge in [-0.1, -0.05) is 94.1 Å². The van der Waals surface area contributed by atoms with Gasteiger partial charge >= 0.3 is 0 Å². The average molecular weight is 618 g/mol. The molecule has 0 N–H and O–H groups in total. The quantitative estimate of drug-likeness (QED) is 0.454. The van der Waals surface area contributed by atoms with Gasteiger partial charge in [-0.05, 0) is 76.7 Å². The number of aryl methyl sites for hydroxylation is 2. The second-order valence-corrected chi connectivity index (χ2v) is 8.35. The Bertz CT molecular complexity index is 905. The number of hydrogen-bond acceptors (Lipinski definition) is 0. The third kappa shape index (κ3) is 8.04. The van der Waals surface area contributed by atoms with E-state index in [9.17, 15) is 0 Å². The van der Waals surface area contributed by atoms with Gasteiger partial charge in [-0.2, -0.15) is 0 Å².